The summed E-state index contributed by atoms with van der Waals surface area (Å²) < 4.78 is 29.0. The molecular weight excluding hydrogens is 462 g/mol. The highest BCUT2D eigenvalue weighted by molar-refractivity contribution is 7.89. The minimum absolute atomic E-state index is 0.0136. The van der Waals surface area contributed by atoms with Crippen molar-refractivity contribution in [3.05, 3.63) is 87.7 Å². The fourth-order valence-corrected chi connectivity index (χ4v) is 5.19. The molecule has 0 saturated heterocycles. The predicted molar refractivity (Wildman–Crippen MR) is 131 cm³/mol. The van der Waals surface area contributed by atoms with Crippen molar-refractivity contribution < 1.29 is 13.2 Å². The first-order chi connectivity index (χ1) is 15.7. The van der Waals surface area contributed by atoms with Crippen molar-refractivity contribution >= 4 is 38.4 Å². The highest BCUT2D eigenvalue weighted by atomic mass is 35.5. The summed E-state index contributed by atoms with van der Waals surface area (Å²) >= 11 is 5.89. The number of benzene rings is 2. The molecule has 9 heteroatoms. The van der Waals surface area contributed by atoms with Gasteiger partial charge in [-0.25, -0.2) is 8.42 Å². The van der Waals surface area contributed by atoms with Gasteiger partial charge in [0.1, 0.15) is 5.56 Å². The second kappa shape index (κ2) is 10.3. The first kappa shape index (κ1) is 24.7. The largest absolute Gasteiger partial charge is 0.348 e. The number of nitrogens with one attached hydrogen (secondary N) is 1. The molecule has 1 heterocycles. The van der Waals surface area contributed by atoms with Crippen LogP contribution in [0.25, 0.3) is 10.9 Å². The number of sulfonamides is 1. The van der Waals surface area contributed by atoms with E-state index in [1.807, 2.05) is 0 Å². The zero-order chi connectivity index (χ0) is 24.2. The van der Waals surface area contributed by atoms with Crippen LogP contribution in [0.5, 0.6) is 0 Å². The van der Waals surface area contributed by atoms with Crippen molar-refractivity contribution in [1.82, 2.24) is 14.2 Å². The van der Waals surface area contributed by atoms with E-state index in [9.17, 15) is 18.0 Å². The molecule has 1 N–H and O–H groups in total. The van der Waals surface area contributed by atoms with Crippen LogP contribution in [0.3, 0.4) is 0 Å². The minimum atomic E-state index is -3.76. The predicted octanol–water partition coefficient (Wildman–Crippen LogP) is 3.80. The number of rotatable bonds is 9. The van der Waals surface area contributed by atoms with E-state index in [2.05, 4.69) is 11.9 Å². The lowest BCUT2D eigenvalue weighted by Crippen LogP contribution is -2.31. The molecule has 0 aliphatic carbocycles. The number of carbonyl (C=O) groups is 1. The van der Waals surface area contributed by atoms with Gasteiger partial charge < -0.3 is 9.88 Å². The molecule has 0 bridgehead atoms. The van der Waals surface area contributed by atoms with E-state index in [0.717, 1.165) is 5.56 Å². The number of hydrogen-bond acceptors (Lipinski definition) is 4. The second-order valence-electron chi connectivity index (χ2n) is 7.39. The standard InChI is InChI=1S/C24H26ClN3O4S/c1-4-13-27-16-21(24(30)26-15-17-7-9-18(25)10-8-17)23(29)20-14-19(11-12-22(20)27)33(31,32)28(5-2)6-3/h4,7-12,14,16H,1,5-6,13,15H2,2-3H3,(H,26,30). The van der Waals surface area contributed by atoms with E-state index in [4.69, 9.17) is 11.6 Å². The van der Waals surface area contributed by atoms with Crippen molar-refractivity contribution in [2.75, 3.05) is 13.1 Å². The Morgan fingerprint density at radius 3 is 2.42 bits per heavy atom. The molecule has 1 amide bonds. The molecule has 3 rings (SSSR count). The van der Waals surface area contributed by atoms with Crippen LogP contribution in [0, 0.1) is 0 Å². The SMILES string of the molecule is C=CCn1cc(C(=O)NCc2ccc(Cl)cc2)c(=O)c2cc(S(=O)(=O)N(CC)CC)ccc21. The van der Waals surface area contributed by atoms with Crippen LogP contribution in [0.2, 0.25) is 5.02 Å². The average molecular weight is 488 g/mol. The normalized spacial score (nSPS) is 11.6. The molecule has 0 saturated carbocycles. The Morgan fingerprint density at radius 1 is 1.15 bits per heavy atom. The van der Waals surface area contributed by atoms with Gasteiger partial charge in [0.2, 0.25) is 15.5 Å². The Balaban J connectivity index is 2.07. The number of nitrogens with zero attached hydrogens (tertiary/aromatic N) is 2. The lowest BCUT2D eigenvalue weighted by Gasteiger charge is -2.19. The summed E-state index contributed by atoms with van der Waals surface area (Å²) in [6.45, 7) is 8.41. The van der Waals surface area contributed by atoms with Crippen LogP contribution in [-0.4, -0.2) is 36.3 Å². The number of hydrogen-bond donors (Lipinski definition) is 1. The molecule has 7 nitrogen and oxygen atoms in total. The second-order valence-corrected chi connectivity index (χ2v) is 9.76. The van der Waals surface area contributed by atoms with Crippen LogP contribution in [0.4, 0.5) is 0 Å². The van der Waals surface area contributed by atoms with E-state index >= 15 is 0 Å². The Morgan fingerprint density at radius 2 is 1.82 bits per heavy atom. The molecule has 0 spiro atoms. The van der Waals surface area contributed by atoms with Crippen molar-refractivity contribution in [3.8, 4) is 0 Å². The van der Waals surface area contributed by atoms with Gasteiger partial charge in [-0.2, -0.15) is 4.31 Å². The third kappa shape index (κ3) is 5.19. The molecule has 2 aromatic carbocycles. The lowest BCUT2D eigenvalue weighted by atomic mass is 10.1. The number of allylic oxidation sites excluding steroid dienone is 1. The van der Waals surface area contributed by atoms with E-state index in [1.54, 1.807) is 54.8 Å². The van der Waals surface area contributed by atoms with Gasteiger partial charge in [-0.1, -0.05) is 43.7 Å². The third-order valence-electron chi connectivity index (χ3n) is 5.33. The van der Waals surface area contributed by atoms with Gasteiger partial charge in [-0.3, -0.25) is 9.59 Å². The third-order valence-corrected chi connectivity index (χ3v) is 7.63. The fraction of sp³-hybridized carbons (Fsp3) is 0.250. The van der Waals surface area contributed by atoms with Gasteiger partial charge in [0, 0.05) is 42.8 Å². The first-order valence-electron chi connectivity index (χ1n) is 10.5. The lowest BCUT2D eigenvalue weighted by molar-refractivity contribution is 0.0949. The maximum Gasteiger partial charge on any atom is 0.257 e. The molecule has 174 valence electrons. The summed E-state index contributed by atoms with van der Waals surface area (Å²) in [5.74, 6) is -0.549. The highest BCUT2D eigenvalue weighted by Crippen LogP contribution is 2.21. The average Bonchev–Trinajstić information content (AvgIpc) is 2.80. The molecule has 0 radical (unpaired) electrons. The van der Waals surface area contributed by atoms with Gasteiger partial charge in [0.25, 0.3) is 5.91 Å². The maximum atomic E-state index is 13.2. The fourth-order valence-electron chi connectivity index (χ4n) is 3.58. The molecule has 33 heavy (non-hydrogen) atoms. The highest BCUT2D eigenvalue weighted by Gasteiger charge is 2.23. The number of fused-ring (bicyclic) bond motifs is 1. The molecule has 0 unspecified atom stereocenters. The number of amides is 1. The molecular formula is C24H26ClN3O4S. The van der Waals surface area contributed by atoms with Gasteiger partial charge in [-0.15, -0.1) is 6.58 Å². The van der Waals surface area contributed by atoms with Crippen LogP contribution < -0.4 is 10.7 Å². The Kier molecular flexibility index (Phi) is 7.73. The van der Waals surface area contributed by atoms with E-state index in [-0.39, 0.29) is 22.4 Å². The summed E-state index contributed by atoms with van der Waals surface area (Å²) in [5.41, 5.74) is 0.742. The molecule has 0 atom stereocenters. The van der Waals surface area contributed by atoms with Crippen molar-refractivity contribution in [2.24, 2.45) is 0 Å². The quantitative estimate of drug-likeness (QED) is 0.465. The van der Waals surface area contributed by atoms with Gasteiger partial charge in [0.05, 0.1) is 10.4 Å². The number of aromatic nitrogens is 1. The van der Waals surface area contributed by atoms with Crippen molar-refractivity contribution in [3.63, 3.8) is 0 Å². The van der Waals surface area contributed by atoms with Crippen LogP contribution >= 0.6 is 11.6 Å². The number of carbonyl (C=O) groups excluding carboxylic acids is 1. The molecule has 0 aliphatic rings. The van der Waals surface area contributed by atoms with Crippen LogP contribution in [0.15, 0.2) is 71.0 Å². The molecule has 1 aromatic heterocycles. The molecule has 0 fully saturated rings. The summed E-state index contributed by atoms with van der Waals surface area (Å²) in [6, 6.07) is 11.4. The van der Waals surface area contributed by atoms with Gasteiger partial charge >= 0.3 is 0 Å². The summed E-state index contributed by atoms with van der Waals surface area (Å²) in [6.07, 6.45) is 3.11. The zero-order valence-electron chi connectivity index (χ0n) is 18.5. The number of halogens is 1. The van der Waals surface area contributed by atoms with E-state index in [1.165, 1.54) is 22.6 Å². The first-order valence-corrected chi connectivity index (χ1v) is 12.4. The summed E-state index contributed by atoms with van der Waals surface area (Å²) in [5, 5.41) is 3.49. The minimum Gasteiger partial charge on any atom is -0.348 e. The Hall–Kier alpha value is -2.94. The Bertz CT molecular complexity index is 1340. The number of pyridine rings is 1. The maximum absolute atomic E-state index is 13.2. The Labute approximate surface area is 198 Å². The smallest absolute Gasteiger partial charge is 0.257 e. The van der Waals surface area contributed by atoms with Gasteiger partial charge in [-0.05, 0) is 35.9 Å². The monoisotopic (exact) mass is 487 g/mol. The molecule has 0 aliphatic heterocycles. The molecule has 3 aromatic rings. The van der Waals surface area contributed by atoms with Crippen molar-refractivity contribution in [1.29, 1.82) is 0 Å². The topological polar surface area (TPSA) is 88.5 Å². The summed E-state index contributed by atoms with van der Waals surface area (Å²) in [7, 11) is -3.76. The zero-order valence-corrected chi connectivity index (χ0v) is 20.1. The van der Waals surface area contributed by atoms with Gasteiger partial charge in [0.15, 0.2) is 0 Å². The van der Waals surface area contributed by atoms with Crippen LogP contribution in [-0.2, 0) is 23.1 Å². The van der Waals surface area contributed by atoms with E-state index in [0.29, 0.717) is 30.2 Å². The summed E-state index contributed by atoms with van der Waals surface area (Å²) in [4.78, 5) is 26.1. The van der Waals surface area contributed by atoms with Crippen molar-refractivity contribution in [2.45, 2.75) is 31.8 Å². The van der Waals surface area contributed by atoms with Crippen LogP contribution in [0.1, 0.15) is 29.8 Å². The van der Waals surface area contributed by atoms with E-state index < -0.39 is 21.4 Å².